The summed E-state index contributed by atoms with van der Waals surface area (Å²) in [5.74, 6) is 3.29. The number of thioether (sulfide) groups is 1. The van der Waals surface area contributed by atoms with E-state index in [1.807, 2.05) is 11.8 Å². The Morgan fingerprint density at radius 3 is 2.80 bits per heavy atom. The summed E-state index contributed by atoms with van der Waals surface area (Å²) < 4.78 is 0. The molecule has 0 bridgehead atoms. The van der Waals surface area contributed by atoms with Gasteiger partial charge in [0.25, 0.3) is 0 Å². The van der Waals surface area contributed by atoms with Crippen LogP contribution in [-0.2, 0) is 0 Å². The van der Waals surface area contributed by atoms with Gasteiger partial charge in [0.15, 0.2) is 0 Å². The molecule has 1 aromatic rings. The minimum absolute atomic E-state index is 0.233. The van der Waals surface area contributed by atoms with Gasteiger partial charge in [0, 0.05) is 4.88 Å². The molecule has 84 valence electrons. The van der Waals surface area contributed by atoms with Gasteiger partial charge >= 0.3 is 0 Å². The summed E-state index contributed by atoms with van der Waals surface area (Å²) in [5.41, 5.74) is 1.12. The molecule has 0 amide bonds. The van der Waals surface area contributed by atoms with Crippen LogP contribution < -0.4 is 0 Å². The molecule has 0 radical (unpaired) electrons. The number of hydrogen-bond acceptors (Lipinski definition) is 3. The van der Waals surface area contributed by atoms with E-state index in [2.05, 4.69) is 18.4 Å². The van der Waals surface area contributed by atoms with Crippen molar-refractivity contribution in [3.63, 3.8) is 0 Å². The third-order valence-electron chi connectivity index (χ3n) is 3.03. The smallest absolute Gasteiger partial charge is 0.0800 e. The second-order valence-electron chi connectivity index (χ2n) is 4.30. The van der Waals surface area contributed by atoms with Gasteiger partial charge in [0.1, 0.15) is 0 Å². The number of aliphatic hydroxyl groups is 1. The fourth-order valence-corrected chi connectivity index (χ4v) is 4.03. The van der Waals surface area contributed by atoms with Gasteiger partial charge in [-0.3, -0.25) is 0 Å². The van der Waals surface area contributed by atoms with Crippen molar-refractivity contribution in [2.45, 2.75) is 32.3 Å². The Hall–Kier alpha value is 0.01000. The topological polar surface area (TPSA) is 20.2 Å². The summed E-state index contributed by atoms with van der Waals surface area (Å²) in [7, 11) is 0. The van der Waals surface area contributed by atoms with Crippen LogP contribution in [0.15, 0.2) is 11.4 Å². The third-order valence-corrected chi connectivity index (χ3v) is 4.96. The molecule has 0 spiro atoms. The first-order valence-corrected chi connectivity index (χ1v) is 7.60. The molecule has 1 aliphatic heterocycles. The van der Waals surface area contributed by atoms with Crippen LogP contribution in [0.25, 0.3) is 0 Å². The molecular formula is C12H18OS2. The van der Waals surface area contributed by atoms with E-state index >= 15 is 0 Å². The molecular weight excluding hydrogens is 224 g/mol. The second-order valence-corrected chi connectivity index (χ2v) is 6.64. The van der Waals surface area contributed by atoms with Crippen molar-refractivity contribution in [3.8, 4) is 0 Å². The van der Waals surface area contributed by atoms with E-state index in [0.29, 0.717) is 0 Å². The van der Waals surface area contributed by atoms with Gasteiger partial charge in [-0.1, -0.05) is 0 Å². The van der Waals surface area contributed by atoms with E-state index < -0.39 is 0 Å². The van der Waals surface area contributed by atoms with Gasteiger partial charge in [-0.15, -0.1) is 11.3 Å². The van der Waals surface area contributed by atoms with Crippen LogP contribution in [0.4, 0.5) is 0 Å². The van der Waals surface area contributed by atoms with Crippen LogP contribution in [0.3, 0.4) is 0 Å². The van der Waals surface area contributed by atoms with Crippen molar-refractivity contribution in [1.82, 2.24) is 0 Å². The zero-order chi connectivity index (χ0) is 10.7. The first-order chi connectivity index (χ1) is 7.25. The zero-order valence-electron chi connectivity index (χ0n) is 9.11. The fourth-order valence-electron chi connectivity index (χ4n) is 2.07. The Bertz CT molecular complexity index is 302. The van der Waals surface area contributed by atoms with Crippen LogP contribution >= 0.6 is 23.1 Å². The Labute approximate surface area is 99.9 Å². The van der Waals surface area contributed by atoms with Crippen molar-refractivity contribution in [2.75, 3.05) is 11.5 Å². The van der Waals surface area contributed by atoms with E-state index in [4.69, 9.17) is 0 Å². The molecule has 2 rings (SSSR count). The minimum Gasteiger partial charge on any atom is -0.388 e. The van der Waals surface area contributed by atoms with Crippen LogP contribution in [-0.4, -0.2) is 16.6 Å². The molecule has 0 aromatic carbocycles. The molecule has 1 nitrogen and oxygen atoms in total. The van der Waals surface area contributed by atoms with Gasteiger partial charge in [-0.05, 0) is 60.6 Å². The average Bonchev–Trinajstić information content (AvgIpc) is 2.66. The van der Waals surface area contributed by atoms with Crippen LogP contribution in [0.2, 0.25) is 0 Å². The summed E-state index contributed by atoms with van der Waals surface area (Å²) in [4.78, 5) is 1.29. The van der Waals surface area contributed by atoms with Crippen molar-refractivity contribution in [1.29, 1.82) is 0 Å². The quantitative estimate of drug-likeness (QED) is 0.873. The largest absolute Gasteiger partial charge is 0.388 e. The predicted molar refractivity (Wildman–Crippen MR) is 68.7 cm³/mol. The number of aryl methyl sites for hydroxylation is 1. The van der Waals surface area contributed by atoms with E-state index in [-0.39, 0.29) is 6.10 Å². The Balaban J connectivity index is 1.88. The molecule has 1 atom stereocenters. The van der Waals surface area contributed by atoms with E-state index in [1.165, 1.54) is 29.2 Å². The normalized spacial score (nSPS) is 20.4. The number of rotatable bonds is 3. The molecule has 0 aliphatic carbocycles. The van der Waals surface area contributed by atoms with Gasteiger partial charge in [-0.2, -0.15) is 11.8 Å². The highest BCUT2D eigenvalue weighted by Gasteiger charge is 2.19. The summed E-state index contributed by atoms with van der Waals surface area (Å²) >= 11 is 3.78. The Morgan fingerprint density at radius 2 is 2.20 bits per heavy atom. The third kappa shape index (κ3) is 3.23. The van der Waals surface area contributed by atoms with Gasteiger partial charge in [-0.25, -0.2) is 0 Å². The highest BCUT2D eigenvalue weighted by molar-refractivity contribution is 7.99. The van der Waals surface area contributed by atoms with E-state index in [0.717, 1.165) is 17.9 Å². The number of thiophene rings is 1. The van der Waals surface area contributed by atoms with Crippen LogP contribution in [0.1, 0.15) is 35.8 Å². The first kappa shape index (κ1) is 11.5. The lowest BCUT2D eigenvalue weighted by Crippen LogP contribution is -2.13. The van der Waals surface area contributed by atoms with Crippen LogP contribution in [0, 0.1) is 12.8 Å². The molecule has 3 heteroatoms. The number of hydrogen-bond donors (Lipinski definition) is 1. The molecule has 15 heavy (non-hydrogen) atoms. The van der Waals surface area contributed by atoms with Gasteiger partial charge in [0.05, 0.1) is 6.10 Å². The molecule has 1 saturated heterocycles. The highest BCUT2D eigenvalue weighted by Crippen LogP contribution is 2.32. The summed E-state index contributed by atoms with van der Waals surface area (Å²) in [6, 6.07) is 2.12. The molecule has 1 aliphatic rings. The van der Waals surface area contributed by atoms with Crippen LogP contribution in [0.5, 0.6) is 0 Å². The van der Waals surface area contributed by atoms with Crippen molar-refractivity contribution >= 4 is 23.1 Å². The van der Waals surface area contributed by atoms with Crippen molar-refractivity contribution in [2.24, 2.45) is 5.92 Å². The van der Waals surface area contributed by atoms with E-state index in [1.54, 1.807) is 11.3 Å². The SMILES string of the molecule is Cc1cc(C(O)CC2CCSCC2)cs1. The zero-order valence-corrected chi connectivity index (χ0v) is 10.7. The van der Waals surface area contributed by atoms with Crippen molar-refractivity contribution in [3.05, 3.63) is 21.9 Å². The Morgan fingerprint density at radius 1 is 1.47 bits per heavy atom. The monoisotopic (exact) mass is 242 g/mol. The lowest BCUT2D eigenvalue weighted by molar-refractivity contribution is 0.141. The lowest BCUT2D eigenvalue weighted by Gasteiger charge is -2.23. The first-order valence-electron chi connectivity index (χ1n) is 5.56. The van der Waals surface area contributed by atoms with E-state index in [9.17, 15) is 5.11 Å². The fraction of sp³-hybridized carbons (Fsp3) is 0.667. The van der Waals surface area contributed by atoms with Gasteiger partial charge < -0.3 is 5.11 Å². The Kier molecular flexibility index (Phi) is 4.12. The highest BCUT2D eigenvalue weighted by atomic mass is 32.2. The summed E-state index contributed by atoms with van der Waals surface area (Å²) in [6.07, 6.45) is 3.29. The van der Waals surface area contributed by atoms with Gasteiger partial charge in [0.2, 0.25) is 0 Å². The second kappa shape index (κ2) is 5.37. The predicted octanol–water partition coefficient (Wildman–Crippen LogP) is 3.62. The maximum absolute atomic E-state index is 10.1. The molecule has 1 N–H and O–H groups in total. The summed E-state index contributed by atoms with van der Waals surface area (Å²) in [6.45, 7) is 2.10. The minimum atomic E-state index is -0.233. The number of aliphatic hydroxyl groups excluding tert-OH is 1. The molecule has 1 aromatic heterocycles. The summed E-state index contributed by atoms with van der Waals surface area (Å²) in [5, 5.41) is 12.2. The van der Waals surface area contributed by atoms with Crippen molar-refractivity contribution < 1.29 is 5.11 Å². The molecule has 1 fully saturated rings. The standard InChI is InChI=1S/C12H18OS2/c1-9-6-11(8-15-9)12(13)7-10-2-4-14-5-3-10/h6,8,10,12-13H,2-5,7H2,1H3. The maximum atomic E-state index is 10.1. The molecule has 2 heterocycles. The molecule has 0 saturated carbocycles. The maximum Gasteiger partial charge on any atom is 0.0800 e. The average molecular weight is 242 g/mol. The lowest BCUT2D eigenvalue weighted by atomic mass is 9.93. The molecule has 1 unspecified atom stereocenters.